The zero-order valence-corrected chi connectivity index (χ0v) is 11.2. The van der Waals surface area contributed by atoms with E-state index in [-0.39, 0.29) is 0 Å². The first kappa shape index (κ1) is 12.1. The molecule has 3 heterocycles. The van der Waals surface area contributed by atoms with Gasteiger partial charge in [-0.3, -0.25) is 4.90 Å². The lowest BCUT2D eigenvalue weighted by molar-refractivity contribution is 0.133. The summed E-state index contributed by atoms with van der Waals surface area (Å²) in [6.07, 6.45) is 3.99. The van der Waals surface area contributed by atoms with Crippen LogP contribution in [0.25, 0.3) is 0 Å². The first-order valence-corrected chi connectivity index (χ1v) is 7.02. The van der Waals surface area contributed by atoms with E-state index < -0.39 is 0 Å². The van der Waals surface area contributed by atoms with Gasteiger partial charge in [0.05, 0.1) is 0 Å². The third-order valence-electron chi connectivity index (χ3n) is 3.96. The summed E-state index contributed by atoms with van der Waals surface area (Å²) in [6.45, 7) is 4.44. The number of nitrogen functional groups attached to an aromatic ring is 1. The minimum atomic E-state index is 0.482. The molecule has 0 aromatic carbocycles. The van der Waals surface area contributed by atoms with E-state index in [2.05, 4.69) is 14.8 Å². The van der Waals surface area contributed by atoms with Crippen LogP contribution in [0.15, 0.2) is 12.1 Å². The SMILES string of the molecule is Nc1cc(Cl)nc(N2CCN3CCCCC3C2)c1. The van der Waals surface area contributed by atoms with Gasteiger partial charge in [0.2, 0.25) is 0 Å². The highest BCUT2D eigenvalue weighted by atomic mass is 35.5. The molecule has 2 saturated heterocycles. The highest BCUT2D eigenvalue weighted by Gasteiger charge is 2.29. The second-order valence-electron chi connectivity index (χ2n) is 5.21. The maximum Gasteiger partial charge on any atom is 0.133 e. The van der Waals surface area contributed by atoms with Gasteiger partial charge in [0, 0.05) is 37.4 Å². The molecule has 0 spiro atoms. The van der Waals surface area contributed by atoms with E-state index >= 15 is 0 Å². The van der Waals surface area contributed by atoms with E-state index in [1.807, 2.05) is 6.07 Å². The molecule has 18 heavy (non-hydrogen) atoms. The van der Waals surface area contributed by atoms with Gasteiger partial charge in [-0.15, -0.1) is 0 Å². The number of piperazine rings is 1. The Labute approximate surface area is 113 Å². The maximum absolute atomic E-state index is 5.98. The van der Waals surface area contributed by atoms with Gasteiger partial charge in [-0.2, -0.15) is 0 Å². The van der Waals surface area contributed by atoms with Crippen molar-refractivity contribution in [2.75, 3.05) is 36.8 Å². The molecule has 0 aliphatic carbocycles. The Hall–Kier alpha value is -1.00. The zero-order chi connectivity index (χ0) is 12.5. The summed E-state index contributed by atoms with van der Waals surface area (Å²) >= 11 is 5.98. The third-order valence-corrected chi connectivity index (χ3v) is 4.16. The van der Waals surface area contributed by atoms with Crippen LogP contribution in [0.5, 0.6) is 0 Å². The molecule has 0 amide bonds. The average Bonchev–Trinajstić information content (AvgIpc) is 2.37. The molecule has 0 radical (unpaired) electrons. The fraction of sp³-hybridized carbons (Fsp3) is 0.615. The fourth-order valence-corrected chi connectivity index (χ4v) is 3.24. The lowest BCUT2D eigenvalue weighted by atomic mass is 9.99. The van der Waals surface area contributed by atoms with Crippen LogP contribution in [0.3, 0.4) is 0 Å². The van der Waals surface area contributed by atoms with E-state index in [0.29, 0.717) is 16.9 Å². The molecule has 2 N–H and O–H groups in total. The quantitative estimate of drug-likeness (QED) is 0.790. The molecule has 3 rings (SSSR count). The summed E-state index contributed by atoms with van der Waals surface area (Å²) in [6, 6.07) is 4.29. The molecule has 0 bridgehead atoms. The fourth-order valence-electron chi connectivity index (χ4n) is 3.03. The van der Waals surface area contributed by atoms with Crippen molar-refractivity contribution in [1.29, 1.82) is 0 Å². The van der Waals surface area contributed by atoms with Crippen molar-refractivity contribution in [3.8, 4) is 0 Å². The molecule has 0 saturated carbocycles. The number of aromatic nitrogens is 1. The number of hydrogen-bond donors (Lipinski definition) is 1. The summed E-state index contributed by atoms with van der Waals surface area (Å²) in [7, 11) is 0. The molecule has 1 unspecified atom stereocenters. The van der Waals surface area contributed by atoms with Crippen LogP contribution < -0.4 is 10.6 Å². The first-order valence-electron chi connectivity index (χ1n) is 6.64. The zero-order valence-electron chi connectivity index (χ0n) is 10.5. The largest absolute Gasteiger partial charge is 0.399 e. The predicted octanol–water partition coefficient (Wildman–Crippen LogP) is 1.99. The number of pyridine rings is 1. The number of nitrogens with two attached hydrogens (primary N) is 1. The van der Waals surface area contributed by atoms with Crippen molar-refractivity contribution in [1.82, 2.24) is 9.88 Å². The van der Waals surface area contributed by atoms with Crippen LogP contribution >= 0.6 is 11.6 Å². The summed E-state index contributed by atoms with van der Waals surface area (Å²) in [5, 5.41) is 0.482. The number of hydrogen-bond acceptors (Lipinski definition) is 4. The van der Waals surface area contributed by atoms with Crippen LogP contribution in [-0.2, 0) is 0 Å². The Morgan fingerprint density at radius 3 is 2.94 bits per heavy atom. The molecule has 4 nitrogen and oxygen atoms in total. The molecule has 1 aromatic rings. The van der Waals surface area contributed by atoms with Gasteiger partial charge >= 0.3 is 0 Å². The molecule has 98 valence electrons. The van der Waals surface area contributed by atoms with Gasteiger partial charge in [0.25, 0.3) is 0 Å². The Kier molecular flexibility index (Phi) is 3.31. The normalized spacial score (nSPS) is 24.9. The molecule has 2 aliphatic heterocycles. The number of piperidine rings is 1. The van der Waals surface area contributed by atoms with E-state index in [0.717, 1.165) is 25.5 Å². The average molecular weight is 267 g/mol. The van der Waals surface area contributed by atoms with Gasteiger partial charge in [-0.25, -0.2) is 4.98 Å². The molecule has 2 fully saturated rings. The smallest absolute Gasteiger partial charge is 0.133 e. The Bertz CT molecular complexity index is 417. The number of rotatable bonds is 1. The highest BCUT2D eigenvalue weighted by molar-refractivity contribution is 6.29. The van der Waals surface area contributed by atoms with Gasteiger partial charge in [-0.1, -0.05) is 18.0 Å². The minimum Gasteiger partial charge on any atom is -0.399 e. The topological polar surface area (TPSA) is 45.4 Å². The molecular formula is C13H19ClN4. The van der Waals surface area contributed by atoms with Crippen LogP contribution in [0.2, 0.25) is 5.15 Å². The lowest BCUT2D eigenvalue weighted by Crippen LogP contribution is -2.55. The van der Waals surface area contributed by atoms with Crippen molar-refractivity contribution in [2.24, 2.45) is 0 Å². The highest BCUT2D eigenvalue weighted by Crippen LogP contribution is 2.26. The monoisotopic (exact) mass is 266 g/mol. The van der Waals surface area contributed by atoms with Gasteiger partial charge < -0.3 is 10.6 Å². The second-order valence-corrected chi connectivity index (χ2v) is 5.60. The van der Waals surface area contributed by atoms with Crippen molar-refractivity contribution in [3.05, 3.63) is 17.3 Å². The molecule has 5 heteroatoms. The molecule has 2 aliphatic rings. The van der Waals surface area contributed by atoms with Gasteiger partial charge in [0.15, 0.2) is 0 Å². The summed E-state index contributed by atoms with van der Waals surface area (Å²) < 4.78 is 0. The van der Waals surface area contributed by atoms with Gasteiger partial charge in [-0.05, 0) is 25.5 Å². The lowest BCUT2D eigenvalue weighted by Gasteiger charge is -2.44. The Morgan fingerprint density at radius 1 is 1.22 bits per heavy atom. The van der Waals surface area contributed by atoms with E-state index in [1.54, 1.807) is 6.07 Å². The van der Waals surface area contributed by atoms with Crippen molar-refractivity contribution in [2.45, 2.75) is 25.3 Å². The van der Waals surface area contributed by atoms with Crippen molar-refractivity contribution < 1.29 is 0 Å². The molecule has 1 aromatic heterocycles. The number of fused-ring (bicyclic) bond motifs is 1. The summed E-state index contributed by atoms with van der Waals surface area (Å²) in [5.41, 5.74) is 6.53. The summed E-state index contributed by atoms with van der Waals surface area (Å²) in [5.74, 6) is 0.922. The van der Waals surface area contributed by atoms with Crippen LogP contribution in [0.4, 0.5) is 11.5 Å². The number of nitrogens with zero attached hydrogens (tertiary/aromatic N) is 3. The second kappa shape index (κ2) is 4.94. The van der Waals surface area contributed by atoms with E-state index in [4.69, 9.17) is 17.3 Å². The first-order chi connectivity index (χ1) is 8.72. The predicted molar refractivity (Wildman–Crippen MR) is 75.1 cm³/mol. The molecular weight excluding hydrogens is 248 g/mol. The summed E-state index contributed by atoms with van der Waals surface area (Å²) in [4.78, 5) is 9.31. The van der Waals surface area contributed by atoms with E-state index in [9.17, 15) is 0 Å². The Morgan fingerprint density at radius 2 is 2.11 bits per heavy atom. The number of anilines is 2. The van der Waals surface area contributed by atoms with Crippen LogP contribution in [0.1, 0.15) is 19.3 Å². The molecule has 1 atom stereocenters. The van der Waals surface area contributed by atoms with E-state index in [1.165, 1.54) is 25.8 Å². The Balaban J connectivity index is 1.76. The number of halogens is 1. The van der Waals surface area contributed by atoms with Crippen LogP contribution in [-0.4, -0.2) is 42.1 Å². The third kappa shape index (κ3) is 2.40. The van der Waals surface area contributed by atoms with Crippen molar-refractivity contribution >= 4 is 23.1 Å². The standard InChI is InChI=1S/C13H19ClN4/c14-12-7-10(15)8-13(16-12)18-6-5-17-4-2-1-3-11(17)9-18/h7-8,11H,1-6,9H2,(H2,15,16). The van der Waals surface area contributed by atoms with Crippen LogP contribution in [0, 0.1) is 0 Å². The van der Waals surface area contributed by atoms with Gasteiger partial charge in [0.1, 0.15) is 11.0 Å². The van der Waals surface area contributed by atoms with Crippen molar-refractivity contribution in [3.63, 3.8) is 0 Å². The maximum atomic E-state index is 5.98. The minimum absolute atomic E-state index is 0.482.